The number of ether oxygens (including phenoxy) is 1. The number of aryl methyl sites for hydroxylation is 1. The Morgan fingerprint density at radius 1 is 1.23 bits per heavy atom. The Morgan fingerprint density at radius 2 is 2.15 bits per heavy atom. The molecule has 26 heavy (non-hydrogen) atoms. The average molecular weight is 352 g/mol. The molecule has 4 aromatic heterocycles. The van der Waals surface area contributed by atoms with E-state index in [0.29, 0.717) is 36.5 Å². The summed E-state index contributed by atoms with van der Waals surface area (Å²) in [4.78, 5) is 17.4. The molecule has 0 aliphatic heterocycles. The summed E-state index contributed by atoms with van der Waals surface area (Å²) in [6.45, 7) is 0.627. The van der Waals surface area contributed by atoms with Gasteiger partial charge >= 0.3 is 0 Å². The normalized spacial score (nSPS) is 11.2. The van der Waals surface area contributed by atoms with Crippen LogP contribution >= 0.6 is 0 Å². The predicted octanol–water partition coefficient (Wildman–Crippen LogP) is 1.57. The molecule has 4 rings (SSSR count). The van der Waals surface area contributed by atoms with Crippen molar-refractivity contribution >= 4 is 16.9 Å². The van der Waals surface area contributed by atoms with Gasteiger partial charge in [-0.05, 0) is 12.1 Å². The number of methoxy groups -OCH3 is 1. The van der Waals surface area contributed by atoms with Gasteiger partial charge in [0.15, 0.2) is 11.5 Å². The van der Waals surface area contributed by atoms with E-state index < -0.39 is 0 Å². The molecule has 0 aromatic carbocycles. The van der Waals surface area contributed by atoms with Gasteiger partial charge in [0.2, 0.25) is 11.7 Å². The lowest BCUT2D eigenvalue weighted by Gasteiger charge is -2.07. The standard InChI is InChI=1S/C16H16N8O2/c1-24-16-11(7-19-24)15(20-12(21-16)9-25-2)18-8-13-22-14(23-26-13)10-4-3-5-17-6-10/h3-7H,8-9H2,1-2H3,(H,18,20,21). The second-order valence-electron chi connectivity index (χ2n) is 5.53. The van der Waals surface area contributed by atoms with Crippen molar-refractivity contribution < 1.29 is 9.26 Å². The number of anilines is 1. The third-order valence-corrected chi connectivity index (χ3v) is 3.71. The molecule has 0 unspecified atom stereocenters. The van der Waals surface area contributed by atoms with Crippen molar-refractivity contribution in [2.24, 2.45) is 7.05 Å². The Kier molecular flexibility index (Phi) is 4.23. The van der Waals surface area contributed by atoms with Crippen LogP contribution in [-0.4, -0.2) is 42.0 Å². The fourth-order valence-corrected chi connectivity index (χ4v) is 2.49. The van der Waals surface area contributed by atoms with Gasteiger partial charge in [-0.3, -0.25) is 9.67 Å². The molecule has 0 aliphatic carbocycles. The topological polar surface area (TPSA) is 117 Å². The van der Waals surface area contributed by atoms with Gasteiger partial charge < -0.3 is 14.6 Å². The summed E-state index contributed by atoms with van der Waals surface area (Å²) in [6, 6.07) is 3.69. The highest BCUT2D eigenvalue weighted by Gasteiger charge is 2.13. The summed E-state index contributed by atoms with van der Waals surface area (Å²) in [5.41, 5.74) is 1.51. The largest absolute Gasteiger partial charge is 0.377 e. The first-order valence-electron chi connectivity index (χ1n) is 7.89. The van der Waals surface area contributed by atoms with Crippen LogP contribution in [0.5, 0.6) is 0 Å². The number of hydrogen-bond acceptors (Lipinski definition) is 9. The monoisotopic (exact) mass is 352 g/mol. The quantitative estimate of drug-likeness (QED) is 0.551. The number of fused-ring (bicyclic) bond motifs is 1. The fraction of sp³-hybridized carbons (Fsp3) is 0.250. The van der Waals surface area contributed by atoms with Gasteiger partial charge in [-0.2, -0.15) is 10.1 Å². The number of aromatic nitrogens is 7. The smallest absolute Gasteiger partial charge is 0.246 e. The van der Waals surface area contributed by atoms with E-state index in [4.69, 9.17) is 9.26 Å². The molecule has 4 heterocycles. The van der Waals surface area contributed by atoms with Crippen LogP contribution in [0.3, 0.4) is 0 Å². The Bertz CT molecular complexity index is 1030. The van der Waals surface area contributed by atoms with Crippen molar-refractivity contribution in [1.82, 2.24) is 34.9 Å². The number of nitrogens with one attached hydrogen (secondary N) is 1. The Hall–Kier alpha value is -3.40. The van der Waals surface area contributed by atoms with Crippen LogP contribution in [0, 0.1) is 0 Å². The van der Waals surface area contributed by atoms with E-state index in [-0.39, 0.29) is 0 Å². The van der Waals surface area contributed by atoms with E-state index in [1.54, 1.807) is 30.4 Å². The van der Waals surface area contributed by atoms with Crippen LogP contribution in [0.25, 0.3) is 22.4 Å². The second-order valence-corrected chi connectivity index (χ2v) is 5.53. The van der Waals surface area contributed by atoms with Crippen molar-refractivity contribution in [1.29, 1.82) is 0 Å². The summed E-state index contributed by atoms with van der Waals surface area (Å²) in [6.07, 6.45) is 5.09. The van der Waals surface area contributed by atoms with Gasteiger partial charge in [0.25, 0.3) is 0 Å². The highest BCUT2D eigenvalue weighted by Crippen LogP contribution is 2.21. The zero-order valence-electron chi connectivity index (χ0n) is 14.2. The zero-order chi connectivity index (χ0) is 17.9. The van der Waals surface area contributed by atoms with Gasteiger partial charge in [-0.1, -0.05) is 5.16 Å². The summed E-state index contributed by atoms with van der Waals surface area (Å²) >= 11 is 0. The lowest BCUT2D eigenvalue weighted by Crippen LogP contribution is -2.07. The second kappa shape index (κ2) is 6.84. The Labute approximate surface area is 148 Å². The summed E-state index contributed by atoms with van der Waals surface area (Å²) in [5.74, 6) is 2.13. The molecule has 1 N–H and O–H groups in total. The first-order valence-corrected chi connectivity index (χ1v) is 7.89. The number of hydrogen-bond donors (Lipinski definition) is 1. The average Bonchev–Trinajstić information content (AvgIpc) is 3.28. The van der Waals surface area contributed by atoms with Gasteiger partial charge in [-0.15, -0.1) is 0 Å². The van der Waals surface area contributed by atoms with Crippen molar-refractivity contribution in [3.63, 3.8) is 0 Å². The third kappa shape index (κ3) is 3.09. The highest BCUT2D eigenvalue weighted by molar-refractivity contribution is 5.86. The van der Waals surface area contributed by atoms with E-state index in [0.717, 1.165) is 16.6 Å². The SMILES string of the molecule is COCc1nc(NCc2nc(-c3cccnc3)no2)c2cnn(C)c2n1. The molecule has 0 saturated heterocycles. The molecule has 0 bridgehead atoms. The van der Waals surface area contributed by atoms with E-state index in [1.165, 1.54) is 0 Å². The fourth-order valence-electron chi connectivity index (χ4n) is 2.49. The molecule has 132 valence electrons. The highest BCUT2D eigenvalue weighted by atomic mass is 16.5. The zero-order valence-corrected chi connectivity index (χ0v) is 14.2. The maximum atomic E-state index is 5.30. The van der Waals surface area contributed by atoms with Gasteiger partial charge in [0.05, 0.1) is 18.1 Å². The van der Waals surface area contributed by atoms with Gasteiger partial charge in [0, 0.05) is 32.1 Å². The molecule has 0 amide bonds. The molecule has 0 atom stereocenters. The minimum absolute atomic E-state index is 0.307. The van der Waals surface area contributed by atoms with Crippen LogP contribution in [-0.2, 0) is 24.9 Å². The van der Waals surface area contributed by atoms with Crippen molar-refractivity contribution in [2.75, 3.05) is 12.4 Å². The molecular formula is C16H16N8O2. The number of rotatable bonds is 6. The minimum atomic E-state index is 0.307. The van der Waals surface area contributed by atoms with E-state index in [9.17, 15) is 0 Å². The van der Waals surface area contributed by atoms with Crippen LogP contribution in [0.4, 0.5) is 5.82 Å². The molecule has 10 nitrogen and oxygen atoms in total. The van der Waals surface area contributed by atoms with Crippen molar-refractivity contribution in [3.8, 4) is 11.4 Å². The number of pyridine rings is 1. The molecule has 4 aromatic rings. The van der Waals surface area contributed by atoms with E-state index in [2.05, 4.69) is 35.5 Å². The maximum absolute atomic E-state index is 5.30. The first-order chi connectivity index (χ1) is 12.7. The summed E-state index contributed by atoms with van der Waals surface area (Å²) in [5, 5.41) is 12.2. The third-order valence-electron chi connectivity index (χ3n) is 3.71. The Balaban J connectivity index is 1.57. The molecular weight excluding hydrogens is 336 g/mol. The lowest BCUT2D eigenvalue weighted by molar-refractivity contribution is 0.178. The van der Waals surface area contributed by atoms with Crippen molar-refractivity contribution in [2.45, 2.75) is 13.2 Å². The molecule has 0 radical (unpaired) electrons. The van der Waals surface area contributed by atoms with Gasteiger partial charge in [0.1, 0.15) is 12.4 Å². The van der Waals surface area contributed by atoms with Crippen LogP contribution < -0.4 is 5.32 Å². The lowest BCUT2D eigenvalue weighted by atomic mass is 10.3. The van der Waals surface area contributed by atoms with Crippen molar-refractivity contribution in [3.05, 3.63) is 42.4 Å². The number of nitrogens with zero attached hydrogens (tertiary/aromatic N) is 7. The molecule has 0 spiro atoms. The maximum Gasteiger partial charge on any atom is 0.246 e. The Morgan fingerprint density at radius 3 is 2.96 bits per heavy atom. The minimum Gasteiger partial charge on any atom is -0.377 e. The predicted molar refractivity (Wildman–Crippen MR) is 91.9 cm³/mol. The summed E-state index contributed by atoms with van der Waals surface area (Å²) < 4.78 is 12.1. The first kappa shape index (κ1) is 16.1. The summed E-state index contributed by atoms with van der Waals surface area (Å²) in [7, 11) is 3.43. The molecule has 10 heteroatoms. The van der Waals surface area contributed by atoms with Crippen LogP contribution in [0.2, 0.25) is 0 Å². The van der Waals surface area contributed by atoms with Crippen LogP contribution in [0.15, 0.2) is 35.2 Å². The molecule has 0 saturated carbocycles. The van der Waals surface area contributed by atoms with E-state index in [1.807, 2.05) is 19.2 Å². The molecule has 0 aliphatic rings. The van der Waals surface area contributed by atoms with Gasteiger partial charge in [-0.25, -0.2) is 9.97 Å². The molecule has 0 fully saturated rings. The van der Waals surface area contributed by atoms with E-state index >= 15 is 0 Å². The van der Waals surface area contributed by atoms with Crippen LogP contribution in [0.1, 0.15) is 11.7 Å².